The van der Waals surface area contributed by atoms with Crippen molar-refractivity contribution in [2.75, 3.05) is 44.4 Å². The van der Waals surface area contributed by atoms with Gasteiger partial charge in [0, 0.05) is 18.0 Å². The number of thiazole rings is 1. The summed E-state index contributed by atoms with van der Waals surface area (Å²) in [5.74, 6) is 0.714. The largest absolute Gasteiger partial charge is 0.494 e. The molecule has 7 heteroatoms. The molecule has 0 saturated heterocycles. The van der Waals surface area contributed by atoms with Crippen molar-refractivity contribution in [1.82, 2.24) is 9.88 Å². The number of methoxy groups -OCH3 is 1. The Balaban J connectivity index is 2.02. The molecule has 154 valence electrons. The molecule has 0 aliphatic rings. The van der Waals surface area contributed by atoms with Crippen molar-refractivity contribution in [3.8, 4) is 5.75 Å². The number of hydrogen-bond donors (Lipinski definition) is 0. The number of hydrogen-bond acceptors (Lipinski definition) is 6. The predicted octanol–water partition coefficient (Wildman–Crippen LogP) is 5.02. The van der Waals surface area contributed by atoms with Crippen LogP contribution in [0.15, 0.2) is 47.4 Å². The van der Waals surface area contributed by atoms with E-state index in [0.29, 0.717) is 17.2 Å². The standard InChI is InChI=1S/C22H27N3O2S2/c1-5-24(6-2)14-15-25(21(26)16-10-7-8-12-18(16)28-4)22-23-20-17(27-3)11-9-13-19(20)29-22/h7-13H,5-6,14-15H2,1-4H3. The van der Waals surface area contributed by atoms with Crippen LogP contribution >= 0.6 is 23.1 Å². The number of likely N-dealkylation sites (N-methyl/N-ethyl adjacent to an activating group) is 1. The summed E-state index contributed by atoms with van der Waals surface area (Å²) in [6, 6.07) is 13.6. The van der Waals surface area contributed by atoms with Gasteiger partial charge in [-0.3, -0.25) is 9.69 Å². The molecule has 1 amide bonds. The number of aromatic nitrogens is 1. The lowest BCUT2D eigenvalue weighted by Gasteiger charge is -2.25. The average molecular weight is 430 g/mol. The summed E-state index contributed by atoms with van der Waals surface area (Å²) < 4.78 is 6.48. The second kappa shape index (κ2) is 10.1. The van der Waals surface area contributed by atoms with Crippen LogP contribution in [-0.2, 0) is 0 Å². The summed E-state index contributed by atoms with van der Waals surface area (Å²) >= 11 is 3.11. The number of thioether (sulfide) groups is 1. The Morgan fingerprint density at radius 3 is 2.55 bits per heavy atom. The molecular weight excluding hydrogens is 402 g/mol. The molecule has 0 radical (unpaired) electrons. The Morgan fingerprint density at radius 2 is 1.86 bits per heavy atom. The van der Waals surface area contributed by atoms with Gasteiger partial charge in [-0.15, -0.1) is 11.8 Å². The first-order valence-corrected chi connectivity index (χ1v) is 11.8. The van der Waals surface area contributed by atoms with Gasteiger partial charge in [0.2, 0.25) is 0 Å². The molecule has 2 aromatic carbocycles. The lowest BCUT2D eigenvalue weighted by molar-refractivity contribution is 0.0981. The van der Waals surface area contributed by atoms with Crippen LogP contribution in [0.3, 0.4) is 0 Å². The van der Waals surface area contributed by atoms with Crippen molar-refractivity contribution in [3.63, 3.8) is 0 Å². The number of anilines is 1. The van der Waals surface area contributed by atoms with Crippen LogP contribution < -0.4 is 9.64 Å². The van der Waals surface area contributed by atoms with E-state index in [9.17, 15) is 4.79 Å². The Morgan fingerprint density at radius 1 is 1.10 bits per heavy atom. The summed E-state index contributed by atoms with van der Waals surface area (Å²) in [4.78, 5) is 23.5. The Labute approximate surface area is 180 Å². The maximum atomic E-state index is 13.6. The minimum atomic E-state index is -0.0138. The van der Waals surface area contributed by atoms with E-state index >= 15 is 0 Å². The number of benzene rings is 2. The van der Waals surface area contributed by atoms with Crippen molar-refractivity contribution in [1.29, 1.82) is 0 Å². The smallest absolute Gasteiger partial charge is 0.261 e. The highest BCUT2D eigenvalue weighted by atomic mass is 32.2. The molecule has 0 unspecified atom stereocenters. The molecule has 0 aliphatic heterocycles. The van der Waals surface area contributed by atoms with Crippen LogP contribution in [0.2, 0.25) is 0 Å². The van der Waals surface area contributed by atoms with Gasteiger partial charge in [-0.2, -0.15) is 0 Å². The van der Waals surface area contributed by atoms with Gasteiger partial charge in [-0.25, -0.2) is 4.98 Å². The molecule has 0 fully saturated rings. The predicted molar refractivity (Wildman–Crippen MR) is 124 cm³/mol. The molecular formula is C22H27N3O2S2. The van der Waals surface area contributed by atoms with E-state index in [1.165, 1.54) is 11.3 Å². The van der Waals surface area contributed by atoms with Gasteiger partial charge >= 0.3 is 0 Å². The molecule has 29 heavy (non-hydrogen) atoms. The first-order valence-electron chi connectivity index (χ1n) is 9.73. The van der Waals surface area contributed by atoms with Gasteiger partial charge in [-0.05, 0) is 43.6 Å². The zero-order valence-corrected chi connectivity index (χ0v) is 19.0. The second-order valence-corrected chi connectivity index (χ2v) is 8.34. The first-order chi connectivity index (χ1) is 14.1. The fourth-order valence-corrected chi connectivity index (χ4v) is 4.82. The molecule has 0 saturated carbocycles. The van der Waals surface area contributed by atoms with Gasteiger partial charge in [0.1, 0.15) is 11.3 Å². The van der Waals surface area contributed by atoms with Crippen LogP contribution in [0.4, 0.5) is 5.13 Å². The van der Waals surface area contributed by atoms with Gasteiger partial charge < -0.3 is 9.64 Å². The average Bonchev–Trinajstić information content (AvgIpc) is 3.20. The number of carbonyl (C=O) groups is 1. The minimum absolute atomic E-state index is 0.0138. The van der Waals surface area contributed by atoms with Crippen LogP contribution in [0, 0.1) is 0 Å². The molecule has 0 N–H and O–H groups in total. The van der Waals surface area contributed by atoms with Gasteiger partial charge in [0.15, 0.2) is 5.13 Å². The van der Waals surface area contributed by atoms with Gasteiger partial charge in [-0.1, -0.05) is 43.4 Å². The Bertz CT molecular complexity index is 970. The van der Waals surface area contributed by atoms with E-state index < -0.39 is 0 Å². The number of para-hydroxylation sites is 1. The summed E-state index contributed by atoms with van der Waals surface area (Å²) in [6.07, 6.45) is 1.99. The van der Waals surface area contributed by atoms with E-state index in [4.69, 9.17) is 9.72 Å². The number of carbonyl (C=O) groups excluding carboxylic acids is 1. The van der Waals surface area contributed by atoms with Crippen LogP contribution in [0.1, 0.15) is 24.2 Å². The molecule has 1 aromatic heterocycles. The number of nitrogens with zero attached hydrogens (tertiary/aromatic N) is 3. The topological polar surface area (TPSA) is 45.7 Å². The number of fused-ring (bicyclic) bond motifs is 1. The van der Waals surface area contributed by atoms with Crippen molar-refractivity contribution >= 4 is 44.4 Å². The van der Waals surface area contributed by atoms with E-state index in [1.807, 2.05) is 53.6 Å². The lowest BCUT2D eigenvalue weighted by atomic mass is 10.2. The van der Waals surface area contributed by atoms with E-state index in [-0.39, 0.29) is 5.91 Å². The fourth-order valence-electron chi connectivity index (χ4n) is 3.22. The van der Waals surface area contributed by atoms with Crippen LogP contribution in [0.25, 0.3) is 10.2 Å². The molecule has 0 spiro atoms. The normalized spacial score (nSPS) is 11.2. The number of ether oxygens (including phenoxy) is 1. The Kier molecular flexibility index (Phi) is 7.52. The van der Waals surface area contributed by atoms with Crippen molar-refractivity contribution in [2.24, 2.45) is 0 Å². The Hall–Kier alpha value is -2.09. The molecule has 3 aromatic rings. The van der Waals surface area contributed by atoms with E-state index in [1.54, 1.807) is 18.9 Å². The molecule has 3 rings (SSSR count). The third kappa shape index (κ3) is 4.74. The SMILES string of the molecule is CCN(CC)CCN(C(=O)c1ccccc1SC)c1nc2c(OC)cccc2s1. The van der Waals surface area contributed by atoms with Crippen LogP contribution in [0.5, 0.6) is 5.75 Å². The third-order valence-corrected chi connectivity index (χ3v) is 6.78. The van der Waals surface area contributed by atoms with E-state index in [0.717, 1.165) is 40.5 Å². The first kappa shape index (κ1) is 21.6. The molecule has 0 aliphatic carbocycles. The maximum Gasteiger partial charge on any atom is 0.261 e. The molecule has 0 atom stereocenters. The number of amides is 1. The zero-order chi connectivity index (χ0) is 20.8. The highest BCUT2D eigenvalue weighted by Crippen LogP contribution is 2.35. The molecule has 5 nitrogen and oxygen atoms in total. The molecule has 1 heterocycles. The monoisotopic (exact) mass is 429 g/mol. The summed E-state index contributed by atoms with van der Waals surface area (Å²) in [7, 11) is 1.64. The van der Waals surface area contributed by atoms with Crippen molar-refractivity contribution in [2.45, 2.75) is 18.7 Å². The van der Waals surface area contributed by atoms with Gasteiger partial charge in [0.05, 0.1) is 17.4 Å². The second-order valence-electron chi connectivity index (χ2n) is 6.49. The van der Waals surface area contributed by atoms with Crippen molar-refractivity contribution < 1.29 is 9.53 Å². The maximum absolute atomic E-state index is 13.6. The zero-order valence-electron chi connectivity index (χ0n) is 17.3. The highest BCUT2D eigenvalue weighted by molar-refractivity contribution is 7.98. The summed E-state index contributed by atoms with van der Waals surface area (Å²) in [6.45, 7) is 7.57. The van der Waals surface area contributed by atoms with E-state index in [2.05, 4.69) is 18.7 Å². The lowest BCUT2D eigenvalue weighted by Crippen LogP contribution is -2.39. The minimum Gasteiger partial charge on any atom is -0.494 e. The number of rotatable bonds is 9. The van der Waals surface area contributed by atoms with Gasteiger partial charge in [0.25, 0.3) is 5.91 Å². The molecule has 0 bridgehead atoms. The van der Waals surface area contributed by atoms with Crippen LogP contribution in [-0.4, -0.2) is 55.3 Å². The highest BCUT2D eigenvalue weighted by Gasteiger charge is 2.24. The fraction of sp³-hybridized carbons (Fsp3) is 0.364. The quantitative estimate of drug-likeness (QED) is 0.447. The summed E-state index contributed by atoms with van der Waals surface area (Å²) in [5.41, 5.74) is 1.51. The third-order valence-electron chi connectivity index (χ3n) is 4.94. The summed E-state index contributed by atoms with van der Waals surface area (Å²) in [5, 5.41) is 0.706. The van der Waals surface area contributed by atoms with Crippen molar-refractivity contribution in [3.05, 3.63) is 48.0 Å².